The van der Waals surface area contributed by atoms with Crippen LogP contribution in [0.25, 0.3) is 27.6 Å². The maximum atomic E-state index is 13.4. The number of aromatic nitrogens is 2. The Labute approximate surface area is 208 Å². The third kappa shape index (κ3) is 3.58. The van der Waals surface area contributed by atoms with E-state index in [4.69, 9.17) is 4.18 Å². The molecule has 1 unspecified atom stereocenters. The molecule has 3 aromatic heterocycles. The third-order valence-electron chi connectivity index (χ3n) is 7.20. The van der Waals surface area contributed by atoms with Gasteiger partial charge in [0.15, 0.2) is 0 Å². The Morgan fingerprint density at radius 2 is 1.75 bits per heavy atom. The standard InChI is InChI=1S/C27H25N3O5S/c1-29-14-19(17-7-3-4-8-20(17)29)24-25(27(32)28-26(24)31)23-18-13-16(15-35-36(2,33)34)10-11-21(18)30-12-6-5-9-22(23)30/h3-9,12,14,16H,10-11,13,15H2,1-2H3,(H,28,31,32). The number of imide groups is 1. The summed E-state index contributed by atoms with van der Waals surface area (Å²) in [5, 5.41) is 3.43. The zero-order chi connectivity index (χ0) is 25.2. The lowest BCUT2D eigenvalue weighted by molar-refractivity contribution is -0.122. The lowest BCUT2D eigenvalue weighted by Gasteiger charge is -2.23. The fourth-order valence-electron chi connectivity index (χ4n) is 5.68. The molecular weight excluding hydrogens is 478 g/mol. The van der Waals surface area contributed by atoms with Gasteiger partial charge in [-0.05, 0) is 48.9 Å². The van der Waals surface area contributed by atoms with Crippen LogP contribution in [-0.4, -0.2) is 42.1 Å². The Hall–Kier alpha value is -3.69. The van der Waals surface area contributed by atoms with Gasteiger partial charge in [0.05, 0.1) is 29.5 Å². The van der Waals surface area contributed by atoms with Gasteiger partial charge in [0.2, 0.25) is 0 Å². The molecule has 0 radical (unpaired) electrons. The minimum absolute atomic E-state index is 0.0230. The molecule has 1 N–H and O–H groups in total. The first-order chi connectivity index (χ1) is 17.2. The maximum absolute atomic E-state index is 13.4. The van der Waals surface area contributed by atoms with Crippen LogP contribution in [0.3, 0.4) is 0 Å². The number of para-hydroxylation sites is 1. The molecular formula is C27H25N3O5S. The topological polar surface area (TPSA) is 98.9 Å². The lowest BCUT2D eigenvalue weighted by atomic mass is 9.83. The van der Waals surface area contributed by atoms with E-state index in [-0.39, 0.29) is 12.5 Å². The first-order valence-corrected chi connectivity index (χ1v) is 13.6. The number of carbonyl (C=O) groups excluding carboxylic acids is 2. The summed E-state index contributed by atoms with van der Waals surface area (Å²) in [5.74, 6) is -0.857. The molecule has 2 amide bonds. The van der Waals surface area contributed by atoms with Crippen LogP contribution < -0.4 is 5.32 Å². The van der Waals surface area contributed by atoms with Crippen molar-refractivity contribution in [1.82, 2.24) is 14.3 Å². The molecule has 6 rings (SSSR count). The van der Waals surface area contributed by atoms with Gasteiger partial charge in [-0.25, -0.2) is 0 Å². The van der Waals surface area contributed by atoms with E-state index in [1.807, 2.05) is 66.5 Å². The average molecular weight is 504 g/mol. The van der Waals surface area contributed by atoms with E-state index in [0.717, 1.165) is 45.9 Å². The molecule has 1 aromatic carbocycles. The number of fused-ring (bicyclic) bond motifs is 4. The van der Waals surface area contributed by atoms with Crippen molar-refractivity contribution in [2.24, 2.45) is 13.0 Å². The number of carbonyl (C=O) groups is 2. The van der Waals surface area contributed by atoms with E-state index in [1.165, 1.54) is 0 Å². The monoisotopic (exact) mass is 503 g/mol. The highest BCUT2D eigenvalue weighted by Crippen LogP contribution is 2.42. The van der Waals surface area contributed by atoms with Gasteiger partial charge < -0.3 is 8.97 Å². The molecule has 4 heterocycles. The average Bonchev–Trinajstić information content (AvgIpc) is 3.45. The normalized spacial score (nSPS) is 18.3. The van der Waals surface area contributed by atoms with Gasteiger partial charge in [-0.1, -0.05) is 24.3 Å². The highest BCUT2D eigenvalue weighted by molar-refractivity contribution is 7.85. The Balaban J connectivity index is 1.59. The summed E-state index contributed by atoms with van der Waals surface area (Å²) in [5.41, 5.74) is 6.04. The van der Waals surface area contributed by atoms with Crippen molar-refractivity contribution in [2.45, 2.75) is 19.3 Å². The zero-order valence-electron chi connectivity index (χ0n) is 19.9. The number of rotatable bonds is 5. The molecule has 2 aliphatic rings. The summed E-state index contributed by atoms with van der Waals surface area (Å²) in [4.78, 5) is 26.6. The minimum Gasteiger partial charge on any atom is -0.350 e. The summed E-state index contributed by atoms with van der Waals surface area (Å²) in [6.45, 7) is 0.0876. The summed E-state index contributed by atoms with van der Waals surface area (Å²) >= 11 is 0. The summed E-state index contributed by atoms with van der Waals surface area (Å²) < 4.78 is 32.4. The number of aryl methyl sites for hydroxylation is 2. The summed E-state index contributed by atoms with van der Waals surface area (Å²) in [7, 11) is -1.64. The molecule has 4 aromatic rings. The van der Waals surface area contributed by atoms with Gasteiger partial charge in [0.1, 0.15) is 0 Å². The van der Waals surface area contributed by atoms with Gasteiger partial charge in [0, 0.05) is 47.2 Å². The molecule has 0 fully saturated rings. The van der Waals surface area contributed by atoms with E-state index in [1.54, 1.807) is 0 Å². The van der Waals surface area contributed by atoms with Crippen molar-refractivity contribution in [3.8, 4) is 0 Å². The molecule has 184 valence electrons. The summed E-state index contributed by atoms with van der Waals surface area (Å²) in [6.07, 6.45) is 6.95. The van der Waals surface area contributed by atoms with Crippen LogP contribution in [0.1, 0.15) is 28.8 Å². The van der Waals surface area contributed by atoms with Crippen LogP contribution in [0.4, 0.5) is 0 Å². The van der Waals surface area contributed by atoms with Crippen LogP contribution >= 0.6 is 0 Å². The Morgan fingerprint density at radius 3 is 2.56 bits per heavy atom. The second-order valence-corrected chi connectivity index (χ2v) is 11.2. The molecule has 1 aliphatic heterocycles. The Kier molecular flexibility index (Phi) is 5.17. The highest BCUT2D eigenvalue weighted by Gasteiger charge is 2.38. The number of hydrogen-bond acceptors (Lipinski definition) is 5. The number of amides is 2. The van der Waals surface area contributed by atoms with Crippen molar-refractivity contribution in [2.75, 3.05) is 12.9 Å². The van der Waals surface area contributed by atoms with Gasteiger partial charge >= 0.3 is 0 Å². The minimum atomic E-state index is -3.56. The molecule has 36 heavy (non-hydrogen) atoms. The summed E-state index contributed by atoms with van der Waals surface area (Å²) in [6, 6.07) is 13.6. The van der Waals surface area contributed by atoms with Gasteiger partial charge in [-0.15, -0.1) is 0 Å². The zero-order valence-corrected chi connectivity index (χ0v) is 20.8. The van der Waals surface area contributed by atoms with Crippen LogP contribution in [0.2, 0.25) is 0 Å². The molecule has 0 saturated heterocycles. The van der Waals surface area contributed by atoms with Crippen LogP contribution in [0.5, 0.6) is 0 Å². The van der Waals surface area contributed by atoms with Crippen molar-refractivity contribution < 1.29 is 22.2 Å². The fourth-order valence-corrected chi connectivity index (χ4v) is 6.12. The number of benzene rings is 1. The lowest BCUT2D eigenvalue weighted by Crippen LogP contribution is -2.23. The maximum Gasteiger partial charge on any atom is 0.264 e. The predicted molar refractivity (Wildman–Crippen MR) is 137 cm³/mol. The second kappa shape index (κ2) is 8.18. The van der Waals surface area contributed by atoms with Gasteiger partial charge in [0.25, 0.3) is 21.9 Å². The third-order valence-corrected chi connectivity index (χ3v) is 7.77. The molecule has 1 atom stereocenters. The molecule has 0 bridgehead atoms. The molecule has 0 saturated carbocycles. The van der Waals surface area contributed by atoms with E-state index in [0.29, 0.717) is 29.6 Å². The molecule has 0 spiro atoms. The molecule has 9 heteroatoms. The van der Waals surface area contributed by atoms with E-state index in [2.05, 4.69) is 9.72 Å². The first-order valence-electron chi connectivity index (χ1n) is 11.8. The van der Waals surface area contributed by atoms with Crippen molar-refractivity contribution in [3.63, 3.8) is 0 Å². The molecule has 1 aliphatic carbocycles. The highest BCUT2D eigenvalue weighted by atomic mass is 32.2. The van der Waals surface area contributed by atoms with Gasteiger partial charge in [-0.2, -0.15) is 8.42 Å². The quantitative estimate of drug-likeness (QED) is 0.333. The van der Waals surface area contributed by atoms with E-state index in [9.17, 15) is 18.0 Å². The largest absolute Gasteiger partial charge is 0.350 e. The van der Waals surface area contributed by atoms with Crippen LogP contribution in [-0.2, 0) is 43.8 Å². The number of nitrogens with one attached hydrogen (secondary N) is 1. The Bertz CT molecular complexity index is 1720. The SMILES string of the molecule is Cn1cc(C2=C(c3c4c(n5ccccc35)CCC(COS(C)(=O)=O)C4)C(=O)NC2=O)c2ccccc21. The van der Waals surface area contributed by atoms with E-state index >= 15 is 0 Å². The fraction of sp³-hybridized carbons (Fsp3) is 0.259. The predicted octanol–water partition coefficient (Wildman–Crippen LogP) is 3.08. The molecule has 8 nitrogen and oxygen atoms in total. The second-order valence-electron chi connectivity index (χ2n) is 9.56. The number of pyridine rings is 1. The van der Waals surface area contributed by atoms with Crippen molar-refractivity contribution in [1.29, 1.82) is 0 Å². The Morgan fingerprint density at radius 1 is 1.03 bits per heavy atom. The first kappa shape index (κ1) is 22.8. The van der Waals surface area contributed by atoms with Crippen molar-refractivity contribution >= 4 is 49.5 Å². The van der Waals surface area contributed by atoms with Gasteiger partial charge in [-0.3, -0.25) is 19.1 Å². The smallest absolute Gasteiger partial charge is 0.264 e. The number of hydrogen-bond donors (Lipinski definition) is 1. The van der Waals surface area contributed by atoms with E-state index < -0.39 is 21.9 Å². The van der Waals surface area contributed by atoms with Crippen LogP contribution in [0.15, 0.2) is 54.9 Å². The van der Waals surface area contributed by atoms with Crippen molar-refractivity contribution in [3.05, 3.63) is 77.2 Å². The number of nitrogens with zero attached hydrogens (tertiary/aromatic N) is 2. The van der Waals surface area contributed by atoms with Crippen LogP contribution in [0, 0.1) is 5.92 Å².